The standard InChI is InChI=1S/C13H14BrClN4O2/c1-8-3-9(14)4-10(15)13(8)21-6-12(20)16-5-11-18-17-7-19(11)2/h3-4,7H,5-6H2,1-2H3,(H,16,20). The number of halogens is 2. The minimum atomic E-state index is -0.253. The Bertz CT molecular complexity index is 636. The zero-order valence-electron chi connectivity index (χ0n) is 11.6. The highest BCUT2D eigenvalue weighted by Crippen LogP contribution is 2.31. The van der Waals surface area contributed by atoms with Crippen LogP contribution in [0, 0.1) is 6.92 Å². The molecule has 2 aromatic rings. The SMILES string of the molecule is Cc1cc(Br)cc(Cl)c1OCC(=O)NCc1nncn1C. The van der Waals surface area contributed by atoms with Crippen LogP contribution in [0.4, 0.5) is 0 Å². The molecule has 0 aliphatic heterocycles. The highest BCUT2D eigenvalue weighted by Gasteiger charge is 2.10. The van der Waals surface area contributed by atoms with Crippen LogP contribution in [0.2, 0.25) is 5.02 Å². The van der Waals surface area contributed by atoms with Gasteiger partial charge in [0.05, 0.1) is 11.6 Å². The molecule has 0 radical (unpaired) electrons. The van der Waals surface area contributed by atoms with Crippen LogP contribution in [0.15, 0.2) is 22.9 Å². The lowest BCUT2D eigenvalue weighted by Gasteiger charge is -2.11. The van der Waals surface area contributed by atoms with E-state index < -0.39 is 0 Å². The van der Waals surface area contributed by atoms with Crippen molar-refractivity contribution in [2.45, 2.75) is 13.5 Å². The number of carbonyl (C=O) groups excluding carboxylic acids is 1. The monoisotopic (exact) mass is 372 g/mol. The van der Waals surface area contributed by atoms with E-state index in [2.05, 4.69) is 31.4 Å². The maximum Gasteiger partial charge on any atom is 0.258 e. The molecule has 21 heavy (non-hydrogen) atoms. The summed E-state index contributed by atoms with van der Waals surface area (Å²) in [5, 5.41) is 10.8. The fourth-order valence-corrected chi connectivity index (χ4v) is 2.73. The minimum Gasteiger partial charge on any atom is -0.482 e. The molecular weight excluding hydrogens is 360 g/mol. The summed E-state index contributed by atoms with van der Waals surface area (Å²) in [5.41, 5.74) is 0.857. The number of ether oxygens (including phenoxy) is 1. The summed E-state index contributed by atoms with van der Waals surface area (Å²) in [6.45, 7) is 2.05. The van der Waals surface area contributed by atoms with Crippen molar-refractivity contribution in [3.05, 3.63) is 39.3 Å². The molecule has 6 nitrogen and oxygen atoms in total. The third kappa shape index (κ3) is 4.18. The fourth-order valence-electron chi connectivity index (χ4n) is 1.71. The smallest absolute Gasteiger partial charge is 0.258 e. The van der Waals surface area contributed by atoms with Crippen LogP contribution in [0.25, 0.3) is 0 Å². The van der Waals surface area contributed by atoms with Gasteiger partial charge in [0.15, 0.2) is 12.4 Å². The molecule has 0 aliphatic rings. The number of rotatable bonds is 5. The average Bonchev–Trinajstić information content (AvgIpc) is 2.80. The maximum absolute atomic E-state index is 11.8. The number of aromatic nitrogens is 3. The lowest BCUT2D eigenvalue weighted by Crippen LogP contribution is -2.29. The molecule has 1 heterocycles. The first kappa shape index (κ1) is 15.8. The summed E-state index contributed by atoms with van der Waals surface area (Å²) in [6, 6.07) is 3.60. The van der Waals surface area contributed by atoms with Crippen LogP contribution < -0.4 is 10.1 Å². The van der Waals surface area contributed by atoms with Crippen LogP contribution >= 0.6 is 27.5 Å². The molecule has 0 aliphatic carbocycles. The van der Waals surface area contributed by atoms with Gasteiger partial charge in [0.25, 0.3) is 5.91 Å². The molecule has 0 spiro atoms. The molecule has 0 saturated carbocycles. The largest absolute Gasteiger partial charge is 0.482 e. The van der Waals surface area contributed by atoms with Gasteiger partial charge in [0.1, 0.15) is 12.1 Å². The molecule has 1 aromatic carbocycles. The van der Waals surface area contributed by atoms with Crippen LogP contribution in [0.3, 0.4) is 0 Å². The highest BCUT2D eigenvalue weighted by atomic mass is 79.9. The van der Waals surface area contributed by atoms with E-state index in [0.29, 0.717) is 23.1 Å². The normalized spacial score (nSPS) is 10.5. The van der Waals surface area contributed by atoms with Crippen molar-refractivity contribution < 1.29 is 9.53 Å². The van der Waals surface area contributed by atoms with Gasteiger partial charge < -0.3 is 14.6 Å². The highest BCUT2D eigenvalue weighted by molar-refractivity contribution is 9.10. The Balaban J connectivity index is 1.88. The molecule has 0 fully saturated rings. The van der Waals surface area contributed by atoms with E-state index in [1.807, 2.05) is 20.0 Å². The first-order valence-corrected chi connectivity index (χ1v) is 7.32. The van der Waals surface area contributed by atoms with Gasteiger partial charge in [0, 0.05) is 11.5 Å². The summed E-state index contributed by atoms with van der Waals surface area (Å²) in [7, 11) is 1.81. The average molecular weight is 374 g/mol. The number of amides is 1. The van der Waals surface area contributed by atoms with E-state index in [4.69, 9.17) is 16.3 Å². The van der Waals surface area contributed by atoms with E-state index in [0.717, 1.165) is 10.0 Å². The van der Waals surface area contributed by atoms with Crippen LogP contribution in [-0.2, 0) is 18.4 Å². The van der Waals surface area contributed by atoms with E-state index in [-0.39, 0.29) is 12.5 Å². The van der Waals surface area contributed by atoms with Crippen molar-refractivity contribution in [1.29, 1.82) is 0 Å². The molecule has 2 rings (SSSR count). The molecule has 0 bridgehead atoms. The topological polar surface area (TPSA) is 69.0 Å². The zero-order chi connectivity index (χ0) is 15.4. The van der Waals surface area contributed by atoms with Gasteiger partial charge in [-0.1, -0.05) is 27.5 Å². The molecule has 0 saturated heterocycles. The Labute approximate surface area is 135 Å². The maximum atomic E-state index is 11.8. The summed E-state index contributed by atoms with van der Waals surface area (Å²) in [4.78, 5) is 11.8. The van der Waals surface area contributed by atoms with Gasteiger partial charge in [0.2, 0.25) is 0 Å². The number of nitrogens with zero attached hydrogens (tertiary/aromatic N) is 3. The second kappa shape index (κ2) is 6.91. The molecule has 1 N–H and O–H groups in total. The van der Waals surface area contributed by atoms with E-state index in [1.54, 1.807) is 17.0 Å². The molecular formula is C13H14BrClN4O2. The van der Waals surface area contributed by atoms with Crippen molar-refractivity contribution in [3.63, 3.8) is 0 Å². The number of hydrogen-bond donors (Lipinski definition) is 1. The first-order chi connectivity index (χ1) is 9.97. The fraction of sp³-hybridized carbons (Fsp3) is 0.308. The van der Waals surface area contributed by atoms with Crippen molar-refractivity contribution in [1.82, 2.24) is 20.1 Å². The molecule has 1 aromatic heterocycles. The number of carbonyl (C=O) groups is 1. The quantitative estimate of drug-likeness (QED) is 0.872. The second-order valence-electron chi connectivity index (χ2n) is 4.46. The van der Waals surface area contributed by atoms with Gasteiger partial charge >= 0.3 is 0 Å². The molecule has 0 unspecified atom stereocenters. The summed E-state index contributed by atoms with van der Waals surface area (Å²) < 4.78 is 8.07. The van der Waals surface area contributed by atoms with Gasteiger partial charge in [-0.05, 0) is 24.6 Å². The van der Waals surface area contributed by atoms with Gasteiger partial charge in [-0.15, -0.1) is 10.2 Å². The third-order valence-electron chi connectivity index (χ3n) is 2.79. The Morgan fingerprint density at radius 1 is 1.52 bits per heavy atom. The van der Waals surface area contributed by atoms with Crippen molar-refractivity contribution >= 4 is 33.4 Å². The second-order valence-corrected chi connectivity index (χ2v) is 5.78. The first-order valence-electron chi connectivity index (χ1n) is 6.15. The number of aryl methyl sites for hydroxylation is 2. The van der Waals surface area contributed by atoms with Crippen molar-refractivity contribution in [3.8, 4) is 5.75 Å². The Kier molecular flexibility index (Phi) is 5.19. The molecule has 0 atom stereocenters. The van der Waals surface area contributed by atoms with E-state index in [9.17, 15) is 4.79 Å². The minimum absolute atomic E-state index is 0.111. The summed E-state index contributed by atoms with van der Waals surface area (Å²) in [6.07, 6.45) is 1.57. The van der Waals surface area contributed by atoms with Gasteiger partial charge in [-0.2, -0.15) is 0 Å². The van der Waals surface area contributed by atoms with E-state index in [1.165, 1.54) is 0 Å². The van der Waals surface area contributed by atoms with Crippen LogP contribution in [0.1, 0.15) is 11.4 Å². The van der Waals surface area contributed by atoms with Crippen molar-refractivity contribution in [2.75, 3.05) is 6.61 Å². The van der Waals surface area contributed by atoms with Gasteiger partial charge in [-0.3, -0.25) is 4.79 Å². The number of hydrogen-bond acceptors (Lipinski definition) is 4. The van der Waals surface area contributed by atoms with Crippen LogP contribution in [0.5, 0.6) is 5.75 Å². The lowest BCUT2D eigenvalue weighted by atomic mass is 10.2. The third-order valence-corrected chi connectivity index (χ3v) is 3.53. The summed E-state index contributed by atoms with van der Waals surface area (Å²) >= 11 is 9.44. The van der Waals surface area contributed by atoms with Gasteiger partial charge in [-0.25, -0.2) is 0 Å². The van der Waals surface area contributed by atoms with E-state index >= 15 is 0 Å². The lowest BCUT2D eigenvalue weighted by molar-refractivity contribution is -0.123. The molecule has 8 heteroatoms. The Morgan fingerprint density at radius 2 is 2.29 bits per heavy atom. The van der Waals surface area contributed by atoms with Crippen molar-refractivity contribution in [2.24, 2.45) is 7.05 Å². The predicted octanol–water partition coefficient (Wildman–Crippen LogP) is 2.23. The predicted molar refractivity (Wildman–Crippen MR) is 82.2 cm³/mol. The Hall–Kier alpha value is -1.60. The van der Waals surface area contributed by atoms with Crippen LogP contribution in [-0.4, -0.2) is 27.3 Å². The number of benzene rings is 1. The number of nitrogens with one attached hydrogen (secondary N) is 1. The Morgan fingerprint density at radius 3 is 2.90 bits per heavy atom. The zero-order valence-corrected chi connectivity index (χ0v) is 13.9. The molecule has 112 valence electrons. The summed E-state index contributed by atoms with van der Waals surface area (Å²) in [5.74, 6) is 0.922. The molecule has 1 amide bonds.